The quantitative estimate of drug-likeness (QED) is 0.0899. The summed E-state index contributed by atoms with van der Waals surface area (Å²) < 4.78 is 41.8. The van der Waals surface area contributed by atoms with Gasteiger partial charge in [0, 0.05) is 0 Å². The van der Waals surface area contributed by atoms with Gasteiger partial charge in [-0.05, 0) is 12.8 Å². The predicted octanol–water partition coefficient (Wildman–Crippen LogP) is 5.86. The first-order valence-electron chi connectivity index (χ1n) is 12.6. The number of carbonyl (C=O) groups is 2. The molecule has 0 spiro atoms. The van der Waals surface area contributed by atoms with E-state index in [1.165, 1.54) is 51.4 Å². The predicted molar refractivity (Wildman–Crippen MR) is 127 cm³/mol. The van der Waals surface area contributed by atoms with E-state index in [1.54, 1.807) is 0 Å². The summed E-state index contributed by atoms with van der Waals surface area (Å²) in [6.07, 6.45) is 17.3. The van der Waals surface area contributed by atoms with Crippen LogP contribution < -0.4 is 0 Å². The Morgan fingerprint density at radius 2 is 0.938 bits per heavy atom. The minimum Gasteiger partial charge on any atom is -0.465 e. The molecular weight excluding hydrogens is 432 g/mol. The first-order valence-corrected chi connectivity index (χ1v) is 14.2. The molecule has 0 aliphatic carbocycles. The standard InChI is InChI=1S/C24H46O7S/c1-3-5-7-9-11-13-15-17-19-30-23(25)22(21-32(27,28)29)24(26)31-20-18-16-14-12-10-8-6-4-2/h22H,3-21H2,1-2H3,(H,27,28,29). The Balaban J connectivity index is 4.15. The maximum Gasteiger partial charge on any atom is 0.321 e. The zero-order chi connectivity index (χ0) is 24.1. The number of hydrogen-bond acceptors (Lipinski definition) is 6. The van der Waals surface area contributed by atoms with Gasteiger partial charge in [-0.25, -0.2) is 0 Å². The average molecular weight is 479 g/mol. The van der Waals surface area contributed by atoms with Crippen molar-refractivity contribution in [2.24, 2.45) is 5.92 Å². The second-order valence-corrected chi connectivity index (χ2v) is 10.1. The van der Waals surface area contributed by atoms with Crippen molar-refractivity contribution in [2.45, 2.75) is 117 Å². The van der Waals surface area contributed by atoms with Crippen molar-refractivity contribution in [3.05, 3.63) is 0 Å². The molecule has 0 atom stereocenters. The molecular formula is C24H46O7S. The Morgan fingerprint density at radius 3 is 1.25 bits per heavy atom. The number of hydrogen-bond donors (Lipinski definition) is 1. The maximum atomic E-state index is 12.2. The van der Waals surface area contributed by atoms with Crippen LogP contribution in [0.5, 0.6) is 0 Å². The molecule has 0 amide bonds. The van der Waals surface area contributed by atoms with Gasteiger partial charge in [-0.1, -0.05) is 104 Å². The lowest BCUT2D eigenvalue weighted by molar-refractivity contribution is -0.161. The summed E-state index contributed by atoms with van der Waals surface area (Å²) in [7, 11) is -4.52. The van der Waals surface area contributed by atoms with E-state index in [2.05, 4.69) is 13.8 Å². The molecule has 0 aromatic carbocycles. The summed E-state index contributed by atoms with van der Waals surface area (Å²) in [5.74, 6) is -4.56. The monoisotopic (exact) mass is 478 g/mol. The fourth-order valence-electron chi connectivity index (χ4n) is 3.46. The second-order valence-electron chi connectivity index (χ2n) is 8.59. The summed E-state index contributed by atoms with van der Waals surface area (Å²) >= 11 is 0. The highest BCUT2D eigenvalue weighted by Crippen LogP contribution is 2.12. The fraction of sp³-hybridized carbons (Fsp3) is 0.917. The number of unbranched alkanes of at least 4 members (excludes halogenated alkanes) is 14. The molecule has 190 valence electrons. The van der Waals surface area contributed by atoms with E-state index >= 15 is 0 Å². The van der Waals surface area contributed by atoms with Crippen LogP contribution in [0.15, 0.2) is 0 Å². The topological polar surface area (TPSA) is 107 Å². The molecule has 0 heterocycles. The Bertz CT molecular complexity index is 541. The fourth-order valence-corrected chi connectivity index (χ4v) is 4.15. The van der Waals surface area contributed by atoms with Gasteiger partial charge in [0.05, 0.1) is 19.0 Å². The molecule has 8 heteroatoms. The third kappa shape index (κ3) is 19.5. The van der Waals surface area contributed by atoms with Crippen LogP contribution in [-0.4, -0.2) is 43.9 Å². The molecule has 0 radical (unpaired) electrons. The molecule has 1 N–H and O–H groups in total. The van der Waals surface area contributed by atoms with Crippen molar-refractivity contribution in [1.29, 1.82) is 0 Å². The molecule has 0 saturated carbocycles. The second kappa shape index (κ2) is 20.5. The average Bonchev–Trinajstić information content (AvgIpc) is 2.74. The molecule has 32 heavy (non-hydrogen) atoms. The molecule has 0 aromatic rings. The van der Waals surface area contributed by atoms with Crippen LogP contribution in [0, 0.1) is 5.92 Å². The zero-order valence-corrected chi connectivity index (χ0v) is 21.1. The number of esters is 2. The zero-order valence-electron chi connectivity index (χ0n) is 20.3. The van der Waals surface area contributed by atoms with E-state index in [0.717, 1.165) is 38.5 Å². The summed E-state index contributed by atoms with van der Waals surface area (Å²) in [5, 5.41) is 0. The van der Waals surface area contributed by atoms with Gasteiger partial charge in [-0.2, -0.15) is 8.42 Å². The van der Waals surface area contributed by atoms with Crippen LogP contribution in [-0.2, 0) is 29.2 Å². The molecule has 0 aliphatic heterocycles. The minimum absolute atomic E-state index is 0.126. The summed E-state index contributed by atoms with van der Waals surface area (Å²) in [6, 6.07) is 0. The van der Waals surface area contributed by atoms with Crippen LogP contribution in [0.25, 0.3) is 0 Å². The Morgan fingerprint density at radius 1 is 0.625 bits per heavy atom. The van der Waals surface area contributed by atoms with Crippen molar-refractivity contribution in [3.8, 4) is 0 Å². The highest BCUT2D eigenvalue weighted by molar-refractivity contribution is 7.85. The van der Waals surface area contributed by atoms with E-state index in [9.17, 15) is 18.0 Å². The molecule has 0 unspecified atom stereocenters. The lowest BCUT2D eigenvalue weighted by Gasteiger charge is -2.14. The molecule has 0 aliphatic rings. The van der Waals surface area contributed by atoms with Gasteiger partial charge in [-0.3, -0.25) is 14.1 Å². The summed E-state index contributed by atoms with van der Waals surface area (Å²) in [5.41, 5.74) is 0. The van der Waals surface area contributed by atoms with Crippen molar-refractivity contribution >= 4 is 22.1 Å². The Labute approximate surface area is 195 Å². The van der Waals surface area contributed by atoms with Crippen LogP contribution in [0.1, 0.15) is 117 Å². The number of ether oxygens (including phenoxy) is 2. The van der Waals surface area contributed by atoms with Gasteiger partial charge in [0.1, 0.15) is 0 Å². The van der Waals surface area contributed by atoms with Crippen molar-refractivity contribution in [2.75, 3.05) is 19.0 Å². The minimum atomic E-state index is -4.52. The van der Waals surface area contributed by atoms with Crippen LogP contribution >= 0.6 is 0 Å². The van der Waals surface area contributed by atoms with Crippen molar-refractivity contribution in [3.63, 3.8) is 0 Å². The summed E-state index contributed by atoms with van der Waals surface area (Å²) in [4.78, 5) is 24.5. The highest BCUT2D eigenvalue weighted by Gasteiger charge is 2.34. The van der Waals surface area contributed by atoms with Gasteiger partial charge < -0.3 is 9.47 Å². The van der Waals surface area contributed by atoms with Gasteiger partial charge in [-0.15, -0.1) is 0 Å². The van der Waals surface area contributed by atoms with E-state index in [4.69, 9.17) is 14.0 Å². The summed E-state index contributed by atoms with van der Waals surface area (Å²) in [6.45, 7) is 4.61. The van der Waals surface area contributed by atoms with Gasteiger partial charge in [0.25, 0.3) is 10.1 Å². The SMILES string of the molecule is CCCCCCCCCCOC(=O)C(CS(=O)(=O)O)C(=O)OCCCCCCCCCC. The van der Waals surface area contributed by atoms with Gasteiger partial charge in [0.2, 0.25) is 0 Å². The van der Waals surface area contributed by atoms with Crippen molar-refractivity contribution < 1.29 is 32.0 Å². The smallest absolute Gasteiger partial charge is 0.321 e. The normalized spacial score (nSPS) is 11.6. The number of carbonyl (C=O) groups excluding carboxylic acids is 2. The lowest BCUT2D eigenvalue weighted by Crippen LogP contribution is -2.34. The van der Waals surface area contributed by atoms with Crippen molar-refractivity contribution in [1.82, 2.24) is 0 Å². The van der Waals surface area contributed by atoms with Crippen LogP contribution in [0.4, 0.5) is 0 Å². The molecule has 0 rings (SSSR count). The highest BCUT2D eigenvalue weighted by atomic mass is 32.2. The third-order valence-corrected chi connectivity index (χ3v) is 6.19. The molecule has 0 fully saturated rings. The van der Waals surface area contributed by atoms with Gasteiger partial charge >= 0.3 is 11.9 Å². The Hall–Kier alpha value is -1.15. The molecule has 0 aromatic heterocycles. The molecule has 7 nitrogen and oxygen atoms in total. The largest absolute Gasteiger partial charge is 0.465 e. The third-order valence-electron chi connectivity index (χ3n) is 5.43. The van der Waals surface area contributed by atoms with E-state index in [1.807, 2.05) is 0 Å². The van der Waals surface area contributed by atoms with Crippen LogP contribution in [0.2, 0.25) is 0 Å². The Kier molecular flexibility index (Phi) is 19.7. The maximum absolute atomic E-state index is 12.2. The number of rotatable bonds is 22. The lowest BCUT2D eigenvalue weighted by atomic mass is 10.1. The first-order chi connectivity index (χ1) is 15.3. The van der Waals surface area contributed by atoms with E-state index in [0.29, 0.717) is 12.8 Å². The molecule has 0 bridgehead atoms. The van der Waals surface area contributed by atoms with Gasteiger partial charge in [0.15, 0.2) is 5.92 Å². The molecule has 0 saturated heterocycles. The van der Waals surface area contributed by atoms with Crippen LogP contribution in [0.3, 0.4) is 0 Å². The first kappa shape index (κ1) is 30.9. The van der Waals surface area contributed by atoms with E-state index in [-0.39, 0.29) is 13.2 Å². The van der Waals surface area contributed by atoms with E-state index < -0.39 is 33.7 Å².